The molecule has 2 fully saturated rings. The van der Waals surface area contributed by atoms with Gasteiger partial charge in [0.2, 0.25) is 0 Å². The van der Waals surface area contributed by atoms with E-state index in [0.717, 1.165) is 19.5 Å². The SMILES string of the molecule is CN1CCC(C(=O)O)C(C2CC2)C1. The molecule has 1 saturated heterocycles. The molecule has 2 rings (SSSR count). The minimum Gasteiger partial charge on any atom is -0.481 e. The first kappa shape index (κ1) is 9.00. The van der Waals surface area contributed by atoms with Crippen molar-refractivity contribution in [2.45, 2.75) is 19.3 Å². The van der Waals surface area contributed by atoms with Crippen LogP contribution in [0.1, 0.15) is 19.3 Å². The van der Waals surface area contributed by atoms with Crippen LogP contribution in [0.2, 0.25) is 0 Å². The van der Waals surface area contributed by atoms with E-state index in [1.54, 1.807) is 0 Å². The van der Waals surface area contributed by atoms with Crippen LogP contribution in [0.5, 0.6) is 0 Å². The average Bonchev–Trinajstić information content (AvgIpc) is 2.85. The molecule has 1 heterocycles. The zero-order chi connectivity index (χ0) is 9.42. The van der Waals surface area contributed by atoms with E-state index in [-0.39, 0.29) is 5.92 Å². The molecule has 0 amide bonds. The van der Waals surface area contributed by atoms with Gasteiger partial charge in [-0.25, -0.2) is 0 Å². The normalized spacial score (nSPS) is 36.1. The molecular weight excluding hydrogens is 166 g/mol. The molecule has 2 aliphatic rings. The summed E-state index contributed by atoms with van der Waals surface area (Å²) < 4.78 is 0. The van der Waals surface area contributed by atoms with Gasteiger partial charge in [0.15, 0.2) is 0 Å². The van der Waals surface area contributed by atoms with E-state index < -0.39 is 5.97 Å². The molecule has 1 aliphatic carbocycles. The molecule has 1 N–H and O–H groups in total. The molecule has 13 heavy (non-hydrogen) atoms. The van der Waals surface area contributed by atoms with Crippen LogP contribution < -0.4 is 0 Å². The Balaban J connectivity index is 2.02. The quantitative estimate of drug-likeness (QED) is 0.695. The van der Waals surface area contributed by atoms with Crippen molar-refractivity contribution in [3.05, 3.63) is 0 Å². The smallest absolute Gasteiger partial charge is 0.306 e. The number of carboxylic acid groups (broad SMARTS) is 1. The van der Waals surface area contributed by atoms with Crippen LogP contribution in [-0.4, -0.2) is 36.1 Å². The van der Waals surface area contributed by atoms with Crippen molar-refractivity contribution in [3.8, 4) is 0 Å². The molecule has 0 aromatic rings. The number of aliphatic carboxylic acids is 1. The first-order valence-electron chi connectivity index (χ1n) is 5.10. The Morgan fingerprint density at radius 1 is 1.38 bits per heavy atom. The number of nitrogens with zero attached hydrogens (tertiary/aromatic N) is 1. The van der Waals surface area contributed by atoms with Crippen LogP contribution in [-0.2, 0) is 4.79 Å². The van der Waals surface area contributed by atoms with Crippen molar-refractivity contribution in [3.63, 3.8) is 0 Å². The van der Waals surface area contributed by atoms with Crippen molar-refractivity contribution >= 4 is 5.97 Å². The first-order chi connectivity index (χ1) is 6.18. The van der Waals surface area contributed by atoms with Crippen LogP contribution in [0.3, 0.4) is 0 Å². The number of carboxylic acids is 1. The zero-order valence-electron chi connectivity index (χ0n) is 8.07. The lowest BCUT2D eigenvalue weighted by atomic mass is 9.82. The Bertz CT molecular complexity index is 213. The zero-order valence-corrected chi connectivity index (χ0v) is 8.07. The predicted octanol–water partition coefficient (Wildman–Crippen LogP) is 1.05. The number of piperidine rings is 1. The third-order valence-corrected chi connectivity index (χ3v) is 3.41. The van der Waals surface area contributed by atoms with Crippen molar-refractivity contribution in [2.75, 3.05) is 20.1 Å². The van der Waals surface area contributed by atoms with Gasteiger partial charge in [-0.05, 0) is 44.7 Å². The summed E-state index contributed by atoms with van der Waals surface area (Å²) in [5.74, 6) is 0.494. The number of likely N-dealkylation sites (tertiary alicyclic amines) is 1. The van der Waals surface area contributed by atoms with E-state index in [9.17, 15) is 4.79 Å². The molecule has 0 aromatic heterocycles. The van der Waals surface area contributed by atoms with Gasteiger partial charge in [0.05, 0.1) is 5.92 Å². The fraction of sp³-hybridized carbons (Fsp3) is 0.900. The summed E-state index contributed by atoms with van der Waals surface area (Å²) in [6.07, 6.45) is 3.34. The van der Waals surface area contributed by atoms with E-state index in [1.807, 2.05) is 0 Å². The fourth-order valence-corrected chi connectivity index (χ4v) is 2.46. The van der Waals surface area contributed by atoms with Gasteiger partial charge in [-0.2, -0.15) is 0 Å². The lowest BCUT2D eigenvalue weighted by molar-refractivity contribution is -0.146. The summed E-state index contributed by atoms with van der Waals surface area (Å²) in [7, 11) is 2.09. The van der Waals surface area contributed by atoms with Gasteiger partial charge in [0, 0.05) is 6.54 Å². The third kappa shape index (κ3) is 1.85. The van der Waals surface area contributed by atoms with Gasteiger partial charge in [-0.1, -0.05) is 0 Å². The average molecular weight is 183 g/mol. The molecule has 1 saturated carbocycles. The fourth-order valence-electron chi connectivity index (χ4n) is 2.46. The second kappa shape index (κ2) is 3.29. The summed E-state index contributed by atoms with van der Waals surface area (Å²) >= 11 is 0. The number of hydrogen-bond acceptors (Lipinski definition) is 2. The van der Waals surface area contributed by atoms with E-state index in [4.69, 9.17) is 5.11 Å². The second-order valence-corrected chi connectivity index (χ2v) is 4.50. The molecular formula is C10H17NO2. The van der Waals surface area contributed by atoms with Gasteiger partial charge in [-0.15, -0.1) is 0 Å². The van der Waals surface area contributed by atoms with E-state index in [2.05, 4.69) is 11.9 Å². The van der Waals surface area contributed by atoms with Gasteiger partial charge in [-0.3, -0.25) is 4.79 Å². The maximum absolute atomic E-state index is 11.0. The van der Waals surface area contributed by atoms with Gasteiger partial charge in [0.25, 0.3) is 0 Å². The van der Waals surface area contributed by atoms with Gasteiger partial charge in [0.1, 0.15) is 0 Å². The first-order valence-corrected chi connectivity index (χ1v) is 5.10. The van der Waals surface area contributed by atoms with Gasteiger partial charge < -0.3 is 10.0 Å². The molecule has 3 heteroatoms. The van der Waals surface area contributed by atoms with Crippen molar-refractivity contribution < 1.29 is 9.90 Å². The molecule has 1 aliphatic heterocycles. The lowest BCUT2D eigenvalue weighted by Crippen LogP contribution is -2.42. The summed E-state index contributed by atoms with van der Waals surface area (Å²) in [5, 5.41) is 9.05. The van der Waals surface area contributed by atoms with Crippen LogP contribution in [0, 0.1) is 17.8 Å². The van der Waals surface area contributed by atoms with E-state index in [0.29, 0.717) is 11.8 Å². The molecule has 3 nitrogen and oxygen atoms in total. The molecule has 0 spiro atoms. The van der Waals surface area contributed by atoms with E-state index in [1.165, 1.54) is 12.8 Å². The van der Waals surface area contributed by atoms with Crippen LogP contribution >= 0.6 is 0 Å². The number of rotatable bonds is 2. The maximum Gasteiger partial charge on any atom is 0.306 e. The minimum atomic E-state index is -0.579. The predicted molar refractivity (Wildman–Crippen MR) is 49.5 cm³/mol. The summed E-state index contributed by atoms with van der Waals surface area (Å²) in [6.45, 7) is 1.93. The Morgan fingerprint density at radius 3 is 2.62 bits per heavy atom. The Kier molecular flexibility index (Phi) is 2.28. The van der Waals surface area contributed by atoms with Crippen molar-refractivity contribution in [2.24, 2.45) is 17.8 Å². The second-order valence-electron chi connectivity index (χ2n) is 4.50. The molecule has 2 atom stereocenters. The highest BCUT2D eigenvalue weighted by Gasteiger charge is 2.42. The molecule has 0 radical (unpaired) electrons. The lowest BCUT2D eigenvalue weighted by Gasteiger charge is -2.34. The van der Waals surface area contributed by atoms with E-state index >= 15 is 0 Å². The topological polar surface area (TPSA) is 40.5 Å². The largest absolute Gasteiger partial charge is 0.481 e. The maximum atomic E-state index is 11.0. The van der Waals surface area contributed by atoms with Crippen LogP contribution in [0.4, 0.5) is 0 Å². The standard InChI is InChI=1S/C10H17NO2/c1-11-5-4-8(10(12)13)9(6-11)7-2-3-7/h7-9H,2-6H2,1H3,(H,12,13). The Morgan fingerprint density at radius 2 is 2.08 bits per heavy atom. The Hall–Kier alpha value is -0.570. The highest BCUT2D eigenvalue weighted by atomic mass is 16.4. The van der Waals surface area contributed by atoms with Gasteiger partial charge >= 0.3 is 5.97 Å². The van der Waals surface area contributed by atoms with Crippen molar-refractivity contribution in [1.82, 2.24) is 4.90 Å². The molecule has 2 unspecified atom stereocenters. The summed E-state index contributed by atoms with van der Waals surface area (Å²) in [4.78, 5) is 13.3. The summed E-state index contributed by atoms with van der Waals surface area (Å²) in [6, 6.07) is 0. The van der Waals surface area contributed by atoms with Crippen LogP contribution in [0.15, 0.2) is 0 Å². The number of hydrogen-bond donors (Lipinski definition) is 1. The Labute approximate surface area is 78.7 Å². The van der Waals surface area contributed by atoms with Crippen molar-refractivity contribution in [1.29, 1.82) is 0 Å². The molecule has 74 valence electrons. The number of carbonyl (C=O) groups is 1. The highest BCUT2D eigenvalue weighted by molar-refractivity contribution is 5.70. The molecule has 0 aromatic carbocycles. The monoisotopic (exact) mass is 183 g/mol. The minimum absolute atomic E-state index is 0.0660. The third-order valence-electron chi connectivity index (χ3n) is 3.41. The van der Waals surface area contributed by atoms with Crippen LogP contribution in [0.25, 0.3) is 0 Å². The molecule has 0 bridgehead atoms. The summed E-state index contributed by atoms with van der Waals surface area (Å²) in [5.41, 5.74) is 0. The highest BCUT2D eigenvalue weighted by Crippen LogP contribution is 2.43.